The topological polar surface area (TPSA) is 22.1 Å². The summed E-state index contributed by atoms with van der Waals surface area (Å²) < 4.78 is 5.43. The third-order valence-electron chi connectivity index (χ3n) is 1.31. The molecule has 0 saturated carbocycles. The van der Waals surface area contributed by atoms with Crippen LogP contribution >= 0.6 is 0 Å². The van der Waals surface area contributed by atoms with Gasteiger partial charge in [-0.25, -0.2) is 4.98 Å². The lowest BCUT2D eigenvalue weighted by Crippen LogP contribution is -2.07. The van der Waals surface area contributed by atoms with Crippen LogP contribution in [0.1, 0.15) is 19.4 Å². The van der Waals surface area contributed by atoms with E-state index >= 15 is 0 Å². The maximum absolute atomic E-state index is 5.43. The first-order chi connectivity index (χ1) is 5.20. The first-order valence-corrected chi connectivity index (χ1v) is 3.78. The monoisotopic (exact) mass is 151 g/mol. The van der Waals surface area contributed by atoms with Gasteiger partial charge in [-0.3, -0.25) is 0 Å². The SMILES string of the molecule is Cc1cccnc1OC(C)C. The average molecular weight is 151 g/mol. The molecule has 0 saturated heterocycles. The predicted octanol–water partition coefficient (Wildman–Crippen LogP) is 2.18. The van der Waals surface area contributed by atoms with Crippen molar-refractivity contribution in [3.8, 4) is 5.88 Å². The molecule has 2 heteroatoms. The molecule has 0 spiro atoms. The van der Waals surface area contributed by atoms with Gasteiger partial charge in [0.25, 0.3) is 0 Å². The van der Waals surface area contributed by atoms with Gasteiger partial charge >= 0.3 is 0 Å². The van der Waals surface area contributed by atoms with Crippen LogP contribution in [0.5, 0.6) is 5.88 Å². The number of rotatable bonds is 2. The van der Waals surface area contributed by atoms with Crippen LogP contribution in [0.2, 0.25) is 0 Å². The lowest BCUT2D eigenvalue weighted by molar-refractivity contribution is 0.231. The van der Waals surface area contributed by atoms with Crippen molar-refractivity contribution in [1.82, 2.24) is 4.98 Å². The summed E-state index contributed by atoms with van der Waals surface area (Å²) in [5.74, 6) is 0.738. The highest BCUT2D eigenvalue weighted by molar-refractivity contribution is 5.23. The van der Waals surface area contributed by atoms with E-state index in [9.17, 15) is 0 Å². The Labute approximate surface area is 67.2 Å². The quantitative estimate of drug-likeness (QED) is 0.646. The second kappa shape index (κ2) is 3.37. The van der Waals surface area contributed by atoms with E-state index in [2.05, 4.69) is 4.98 Å². The van der Waals surface area contributed by atoms with Gasteiger partial charge in [0.05, 0.1) is 6.10 Å². The van der Waals surface area contributed by atoms with E-state index in [4.69, 9.17) is 4.74 Å². The van der Waals surface area contributed by atoms with Gasteiger partial charge in [0.2, 0.25) is 5.88 Å². The lowest BCUT2D eigenvalue weighted by atomic mass is 10.3. The highest BCUT2D eigenvalue weighted by atomic mass is 16.5. The zero-order valence-corrected chi connectivity index (χ0v) is 7.16. The van der Waals surface area contributed by atoms with E-state index < -0.39 is 0 Å². The second-order valence-electron chi connectivity index (χ2n) is 2.79. The highest BCUT2D eigenvalue weighted by Crippen LogP contribution is 2.13. The van der Waals surface area contributed by atoms with E-state index in [0.717, 1.165) is 11.4 Å². The molecule has 0 aromatic carbocycles. The molecule has 1 aromatic rings. The number of ether oxygens (including phenoxy) is 1. The summed E-state index contributed by atoms with van der Waals surface area (Å²) in [6.45, 7) is 5.98. The Morgan fingerprint density at radius 2 is 2.18 bits per heavy atom. The van der Waals surface area contributed by atoms with Gasteiger partial charge in [0.15, 0.2) is 0 Å². The highest BCUT2D eigenvalue weighted by Gasteiger charge is 2.00. The Morgan fingerprint density at radius 3 is 2.73 bits per heavy atom. The normalized spacial score (nSPS) is 10.2. The summed E-state index contributed by atoms with van der Waals surface area (Å²) in [7, 11) is 0. The molecule has 11 heavy (non-hydrogen) atoms. The molecule has 0 amide bonds. The largest absolute Gasteiger partial charge is 0.475 e. The summed E-state index contributed by atoms with van der Waals surface area (Å²) in [6, 6.07) is 3.90. The summed E-state index contributed by atoms with van der Waals surface area (Å²) in [4.78, 5) is 4.10. The van der Waals surface area contributed by atoms with Crippen LogP contribution < -0.4 is 4.74 Å². The predicted molar refractivity (Wildman–Crippen MR) is 44.7 cm³/mol. The molecule has 60 valence electrons. The summed E-state index contributed by atoms with van der Waals surface area (Å²) >= 11 is 0. The molecule has 0 fully saturated rings. The van der Waals surface area contributed by atoms with Gasteiger partial charge in [-0.15, -0.1) is 0 Å². The van der Waals surface area contributed by atoms with E-state index in [-0.39, 0.29) is 6.10 Å². The van der Waals surface area contributed by atoms with Crippen molar-refractivity contribution in [3.63, 3.8) is 0 Å². The Bertz CT molecular complexity index is 233. The van der Waals surface area contributed by atoms with E-state index in [0.29, 0.717) is 0 Å². The van der Waals surface area contributed by atoms with E-state index in [1.807, 2.05) is 32.9 Å². The van der Waals surface area contributed by atoms with Crippen molar-refractivity contribution in [3.05, 3.63) is 23.9 Å². The molecule has 1 heterocycles. The Balaban J connectivity index is 2.78. The van der Waals surface area contributed by atoms with Crippen molar-refractivity contribution in [2.75, 3.05) is 0 Å². The van der Waals surface area contributed by atoms with Crippen LogP contribution in [0.4, 0.5) is 0 Å². The average Bonchev–Trinajstić information content (AvgIpc) is 1.93. The van der Waals surface area contributed by atoms with Crippen molar-refractivity contribution in [2.45, 2.75) is 26.9 Å². The minimum absolute atomic E-state index is 0.198. The molecule has 0 aliphatic carbocycles. The van der Waals surface area contributed by atoms with Crippen LogP contribution in [-0.4, -0.2) is 11.1 Å². The molecule has 2 nitrogen and oxygen atoms in total. The maximum atomic E-state index is 5.43. The molecule has 1 rings (SSSR count). The molecule has 0 N–H and O–H groups in total. The molecule has 0 radical (unpaired) electrons. The summed E-state index contributed by atoms with van der Waals surface area (Å²) in [5.41, 5.74) is 1.08. The van der Waals surface area contributed by atoms with Gasteiger partial charge in [-0.1, -0.05) is 6.07 Å². The fourth-order valence-electron chi connectivity index (χ4n) is 0.818. The van der Waals surface area contributed by atoms with Crippen LogP contribution in [0.3, 0.4) is 0 Å². The van der Waals surface area contributed by atoms with Gasteiger partial charge in [0.1, 0.15) is 0 Å². The van der Waals surface area contributed by atoms with Gasteiger partial charge in [0, 0.05) is 11.8 Å². The third kappa shape index (κ3) is 2.22. The lowest BCUT2D eigenvalue weighted by Gasteiger charge is -2.09. The number of pyridine rings is 1. The minimum atomic E-state index is 0.198. The smallest absolute Gasteiger partial charge is 0.216 e. The van der Waals surface area contributed by atoms with Crippen LogP contribution in [0.25, 0.3) is 0 Å². The van der Waals surface area contributed by atoms with Crippen LogP contribution in [0, 0.1) is 6.92 Å². The molecular formula is C9H13NO. The minimum Gasteiger partial charge on any atom is -0.475 e. The van der Waals surface area contributed by atoms with Crippen LogP contribution in [-0.2, 0) is 0 Å². The van der Waals surface area contributed by atoms with E-state index in [1.54, 1.807) is 6.20 Å². The number of aryl methyl sites for hydroxylation is 1. The zero-order chi connectivity index (χ0) is 8.27. The van der Waals surface area contributed by atoms with E-state index in [1.165, 1.54) is 0 Å². The molecule has 0 atom stereocenters. The number of aromatic nitrogens is 1. The van der Waals surface area contributed by atoms with Crippen molar-refractivity contribution < 1.29 is 4.74 Å². The summed E-state index contributed by atoms with van der Waals surface area (Å²) in [5, 5.41) is 0. The maximum Gasteiger partial charge on any atom is 0.216 e. The Morgan fingerprint density at radius 1 is 1.45 bits per heavy atom. The van der Waals surface area contributed by atoms with Gasteiger partial charge < -0.3 is 4.74 Å². The fraction of sp³-hybridized carbons (Fsp3) is 0.444. The fourth-order valence-corrected chi connectivity index (χ4v) is 0.818. The standard InChI is InChI=1S/C9H13NO/c1-7(2)11-9-8(3)5-4-6-10-9/h4-7H,1-3H3. The first kappa shape index (κ1) is 8.05. The molecule has 0 bridgehead atoms. The number of hydrogen-bond acceptors (Lipinski definition) is 2. The van der Waals surface area contributed by atoms with Crippen molar-refractivity contribution >= 4 is 0 Å². The van der Waals surface area contributed by atoms with Gasteiger partial charge in [-0.2, -0.15) is 0 Å². The molecule has 0 unspecified atom stereocenters. The number of hydrogen-bond donors (Lipinski definition) is 0. The Hall–Kier alpha value is -1.05. The Kier molecular flexibility index (Phi) is 2.47. The summed E-state index contributed by atoms with van der Waals surface area (Å²) in [6.07, 6.45) is 1.94. The first-order valence-electron chi connectivity index (χ1n) is 3.78. The van der Waals surface area contributed by atoms with Crippen molar-refractivity contribution in [2.24, 2.45) is 0 Å². The second-order valence-corrected chi connectivity index (χ2v) is 2.79. The molecule has 0 aliphatic heterocycles. The molecular weight excluding hydrogens is 138 g/mol. The third-order valence-corrected chi connectivity index (χ3v) is 1.31. The van der Waals surface area contributed by atoms with Crippen molar-refractivity contribution in [1.29, 1.82) is 0 Å². The zero-order valence-electron chi connectivity index (χ0n) is 7.16. The van der Waals surface area contributed by atoms with Gasteiger partial charge in [-0.05, 0) is 26.8 Å². The number of nitrogens with zero attached hydrogens (tertiary/aromatic N) is 1. The van der Waals surface area contributed by atoms with Crippen LogP contribution in [0.15, 0.2) is 18.3 Å². The molecule has 0 aliphatic rings. The molecule has 1 aromatic heterocycles.